The summed E-state index contributed by atoms with van der Waals surface area (Å²) in [5, 5.41) is 23.8. The van der Waals surface area contributed by atoms with Crippen molar-refractivity contribution in [1.82, 2.24) is 10.2 Å². The number of carbonyl (C=O) groups excluding carboxylic acids is 1. The van der Waals surface area contributed by atoms with Gasteiger partial charge in [-0.25, -0.2) is 9.59 Å². The van der Waals surface area contributed by atoms with Crippen LogP contribution in [0.3, 0.4) is 0 Å². The molecule has 4 aromatic carbocycles. The van der Waals surface area contributed by atoms with Crippen LogP contribution in [-0.2, 0) is 28.9 Å². The average molecular weight is 621 g/mol. The van der Waals surface area contributed by atoms with Crippen LogP contribution in [-0.4, -0.2) is 51.7 Å². The number of carboxylic acid groups (broad SMARTS) is 2. The minimum Gasteiger partial charge on any atom is -0.481 e. The number of nitrogens with zero attached hydrogens (tertiary/aromatic N) is 1. The van der Waals surface area contributed by atoms with Gasteiger partial charge in [0, 0.05) is 25.9 Å². The van der Waals surface area contributed by atoms with Gasteiger partial charge in [0.15, 0.2) is 0 Å². The fourth-order valence-electron chi connectivity index (χ4n) is 5.82. The second-order valence-corrected chi connectivity index (χ2v) is 12.4. The molecule has 0 fully saturated rings. The Labute approximate surface area is 271 Å². The fraction of sp³-hybridized carbons (Fsp3) is 0.308. The van der Waals surface area contributed by atoms with Gasteiger partial charge in [0.25, 0.3) is 0 Å². The van der Waals surface area contributed by atoms with Crippen LogP contribution in [0.2, 0.25) is 0 Å². The van der Waals surface area contributed by atoms with Crippen LogP contribution in [0.25, 0.3) is 11.1 Å². The molecule has 0 aliphatic rings. The quantitative estimate of drug-likeness (QED) is 0.121. The zero-order chi connectivity index (χ0) is 32.9. The van der Waals surface area contributed by atoms with Crippen molar-refractivity contribution in [1.29, 1.82) is 0 Å². The van der Waals surface area contributed by atoms with E-state index in [0.29, 0.717) is 19.4 Å². The summed E-state index contributed by atoms with van der Waals surface area (Å²) in [6, 6.07) is 36.2. The van der Waals surface area contributed by atoms with E-state index in [4.69, 9.17) is 0 Å². The standard InChI is InChI=1S/C39H44N2O5/c1-29(2)27-41(28-35(36(42)43)20-12-17-30-13-6-3-7-14-30)38(46)40-39(37(44)45,25-31-15-8-4-9-16-31)26-32-21-23-34(24-22-32)33-18-10-5-11-19-33/h3-11,13-16,18-19,21-24,29,35H,12,17,20,25-28H2,1-2H3,(H,40,46)(H,42,43)(H,44,45)/t35?,39-/m0/s1. The summed E-state index contributed by atoms with van der Waals surface area (Å²) >= 11 is 0. The Morgan fingerprint density at radius 1 is 0.674 bits per heavy atom. The molecule has 3 N–H and O–H groups in total. The number of hydrogen-bond donors (Lipinski definition) is 3. The molecular formula is C39H44N2O5. The number of nitrogens with one attached hydrogen (secondary N) is 1. The monoisotopic (exact) mass is 620 g/mol. The van der Waals surface area contributed by atoms with Crippen molar-refractivity contribution in [3.8, 4) is 11.1 Å². The zero-order valence-electron chi connectivity index (χ0n) is 26.6. The zero-order valence-corrected chi connectivity index (χ0v) is 26.6. The van der Waals surface area contributed by atoms with Gasteiger partial charge in [-0.2, -0.15) is 0 Å². The Bertz CT molecular complexity index is 1540. The van der Waals surface area contributed by atoms with E-state index in [-0.39, 0.29) is 25.3 Å². The highest BCUT2D eigenvalue weighted by Crippen LogP contribution is 2.25. The van der Waals surface area contributed by atoms with E-state index in [1.807, 2.05) is 129 Å². The molecule has 0 radical (unpaired) electrons. The number of amides is 2. The molecule has 0 spiro atoms. The minimum absolute atomic E-state index is 0.0130. The first-order valence-electron chi connectivity index (χ1n) is 15.9. The molecular weight excluding hydrogens is 576 g/mol. The fourth-order valence-corrected chi connectivity index (χ4v) is 5.82. The third-order valence-corrected chi connectivity index (χ3v) is 8.19. The Hall–Kier alpha value is -4.91. The summed E-state index contributed by atoms with van der Waals surface area (Å²) in [6.07, 6.45) is 1.90. The van der Waals surface area contributed by atoms with Gasteiger partial charge in [0.1, 0.15) is 5.54 Å². The van der Waals surface area contributed by atoms with E-state index in [9.17, 15) is 24.6 Å². The lowest BCUT2D eigenvalue weighted by molar-refractivity contribution is -0.145. The average Bonchev–Trinajstić information content (AvgIpc) is 3.05. The second kappa shape index (κ2) is 16.4. The maximum Gasteiger partial charge on any atom is 0.330 e. The maximum atomic E-state index is 14.0. The lowest BCUT2D eigenvalue weighted by Gasteiger charge is -2.35. The van der Waals surface area contributed by atoms with Crippen LogP contribution in [0.4, 0.5) is 4.79 Å². The van der Waals surface area contributed by atoms with Crippen molar-refractivity contribution in [3.05, 3.63) is 132 Å². The number of rotatable bonds is 16. The van der Waals surface area contributed by atoms with Gasteiger partial charge >= 0.3 is 18.0 Å². The molecule has 0 bridgehead atoms. The van der Waals surface area contributed by atoms with Crippen LogP contribution in [0.1, 0.15) is 43.4 Å². The van der Waals surface area contributed by atoms with Crippen molar-refractivity contribution >= 4 is 18.0 Å². The predicted molar refractivity (Wildman–Crippen MR) is 182 cm³/mol. The van der Waals surface area contributed by atoms with Crippen molar-refractivity contribution in [3.63, 3.8) is 0 Å². The normalized spacial score (nSPS) is 13.0. The van der Waals surface area contributed by atoms with E-state index in [2.05, 4.69) is 5.32 Å². The SMILES string of the molecule is CC(C)CN(CC(CCCc1ccccc1)C(=O)O)C(=O)N[C@@](Cc1ccccc1)(Cc1ccc(-c2ccccc2)cc1)C(=O)O. The number of benzene rings is 4. The minimum atomic E-state index is -1.67. The molecule has 2 atom stereocenters. The van der Waals surface area contributed by atoms with Gasteiger partial charge < -0.3 is 20.4 Å². The van der Waals surface area contributed by atoms with Crippen molar-refractivity contribution < 1.29 is 24.6 Å². The third kappa shape index (κ3) is 9.80. The van der Waals surface area contributed by atoms with Crippen LogP contribution >= 0.6 is 0 Å². The van der Waals surface area contributed by atoms with Crippen LogP contribution in [0.5, 0.6) is 0 Å². The molecule has 0 saturated carbocycles. The van der Waals surface area contributed by atoms with Crippen molar-refractivity contribution in [2.45, 2.75) is 51.5 Å². The molecule has 4 aromatic rings. The van der Waals surface area contributed by atoms with E-state index in [1.54, 1.807) is 0 Å². The molecule has 4 rings (SSSR count). The molecule has 46 heavy (non-hydrogen) atoms. The molecule has 7 heteroatoms. The molecule has 0 saturated heterocycles. The molecule has 1 unspecified atom stereocenters. The van der Waals surface area contributed by atoms with Gasteiger partial charge in [-0.1, -0.05) is 129 Å². The summed E-state index contributed by atoms with van der Waals surface area (Å²) in [5.41, 5.74) is 3.05. The first-order chi connectivity index (χ1) is 22.1. The Morgan fingerprint density at radius 2 is 1.17 bits per heavy atom. The number of carboxylic acids is 2. The molecule has 2 amide bonds. The first kappa shape index (κ1) is 34.0. The molecule has 240 valence electrons. The summed E-state index contributed by atoms with van der Waals surface area (Å²) in [4.78, 5) is 41.0. The Balaban J connectivity index is 1.58. The summed E-state index contributed by atoms with van der Waals surface area (Å²) < 4.78 is 0. The van der Waals surface area contributed by atoms with Gasteiger partial charge in [-0.3, -0.25) is 4.79 Å². The first-order valence-corrected chi connectivity index (χ1v) is 15.9. The lowest BCUT2D eigenvalue weighted by atomic mass is 9.84. The van der Waals surface area contributed by atoms with Gasteiger partial charge in [-0.05, 0) is 53.0 Å². The molecule has 0 aliphatic carbocycles. The van der Waals surface area contributed by atoms with Crippen LogP contribution in [0, 0.1) is 11.8 Å². The number of aryl methyl sites for hydroxylation is 1. The molecule has 7 nitrogen and oxygen atoms in total. The van der Waals surface area contributed by atoms with Gasteiger partial charge in [0.2, 0.25) is 0 Å². The van der Waals surface area contributed by atoms with Crippen molar-refractivity contribution in [2.75, 3.05) is 13.1 Å². The van der Waals surface area contributed by atoms with E-state index < -0.39 is 29.4 Å². The largest absolute Gasteiger partial charge is 0.481 e. The topological polar surface area (TPSA) is 107 Å². The number of urea groups is 1. The van der Waals surface area contributed by atoms with Crippen molar-refractivity contribution in [2.24, 2.45) is 11.8 Å². The highest BCUT2D eigenvalue weighted by molar-refractivity contribution is 5.87. The van der Waals surface area contributed by atoms with E-state index in [1.165, 1.54) is 4.90 Å². The molecule has 0 heterocycles. The molecule has 0 aromatic heterocycles. The highest BCUT2D eigenvalue weighted by Gasteiger charge is 2.42. The number of aliphatic carboxylic acids is 2. The maximum absolute atomic E-state index is 14.0. The smallest absolute Gasteiger partial charge is 0.330 e. The Morgan fingerprint density at radius 3 is 1.70 bits per heavy atom. The highest BCUT2D eigenvalue weighted by atomic mass is 16.4. The lowest BCUT2D eigenvalue weighted by Crippen LogP contribution is -2.61. The number of carbonyl (C=O) groups is 3. The summed E-state index contributed by atoms with van der Waals surface area (Å²) in [7, 11) is 0. The van der Waals surface area contributed by atoms with E-state index >= 15 is 0 Å². The number of hydrogen-bond acceptors (Lipinski definition) is 3. The molecule has 0 aliphatic heterocycles. The third-order valence-electron chi connectivity index (χ3n) is 8.19. The van der Waals surface area contributed by atoms with Crippen LogP contribution < -0.4 is 5.32 Å². The summed E-state index contributed by atoms with van der Waals surface area (Å²) in [6.45, 7) is 4.18. The second-order valence-electron chi connectivity index (χ2n) is 12.4. The predicted octanol–water partition coefficient (Wildman–Crippen LogP) is 7.35. The Kier molecular flexibility index (Phi) is 12.1. The van der Waals surface area contributed by atoms with Gasteiger partial charge in [0.05, 0.1) is 5.92 Å². The van der Waals surface area contributed by atoms with Gasteiger partial charge in [-0.15, -0.1) is 0 Å². The van der Waals surface area contributed by atoms with E-state index in [0.717, 1.165) is 34.2 Å². The van der Waals surface area contributed by atoms with Crippen LogP contribution in [0.15, 0.2) is 115 Å². The summed E-state index contributed by atoms with van der Waals surface area (Å²) in [5.74, 6) is -2.86.